The van der Waals surface area contributed by atoms with Gasteiger partial charge < -0.3 is 15.5 Å². The van der Waals surface area contributed by atoms with Gasteiger partial charge in [-0.2, -0.15) is 10.1 Å². The summed E-state index contributed by atoms with van der Waals surface area (Å²) in [6.45, 7) is 11.7. The van der Waals surface area contributed by atoms with Crippen molar-refractivity contribution in [2.75, 3.05) is 22.1 Å². The second kappa shape index (κ2) is 10.5. The summed E-state index contributed by atoms with van der Waals surface area (Å²) in [4.78, 5) is 37.9. The lowest BCUT2D eigenvalue weighted by atomic mass is 10.1. The van der Waals surface area contributed by atoms with Crippen LogP contribution in [0.5, 0.6) is 0 Å². The van der Waals surface area contributed by atoms with E-state index >= 15 is 0 Å². The maximum absolute atomic E-state index is 13.8. The van der Waals surface area contributed by atoms with E-state index in [1.54, 1.807) is 64.6 Å². The van der Waals surface area contributed by atoms with Crippen molar-refractivity contribution in [2.24, 2.45) is 7.05 Å². The smallest absolute Gasteiger partial charge is 0.322 e. The fraction of sp³-hybridized carbons (Fsp3) is 0.115. The summed E-state index contributed by atoms with van der Waals surface area (Å²) in [5.74, 6) is 0.412. The summed E-state index contributed by atoms with van der Waals surface area (Å²) >= 11 is 0. The van der Waals surface area contributed by atoms with Gasteiger partial charge in [-0.3, -0.25) is 9.48 Å². The number of amides is 3. The number of carbonyl (C=O) groups excluding carboxylic acids is 2. The van der Waals surface area contributed by atoms with Crippen LogP contribution in [0.15, 0.2) is 92.5 Å². The molecule has 1 aliphatic heterocycles. The molecule has 1 aromatic carbocycles. The number of hydrogen-bond donors (Lipinski definition) is 2. The van der Waals surface area contributed by atoms with Crippen molar-refractivity contribution in [3.63, 3.8) is 0 Å². The van der Waals surface area contributed by atoms with Crippen LogP contribution in [-0.2, 0) is 18.4 Å². The van der Waals surface area contributed by atoms with Crippen LogP contribution in [0.2, 0.25) is 0 Å². The Balaban J connectivity index is 1.76. The Morgan fingerprint density at radius 1 is 1.17 bits per heavy atom. The molecule has 0 atom stereocenters. The molecule has 0 fully saturated rings. The topological polar surface area (TPSA) is 108 Å². The van der Waals surface area contributed by atoms with Gasteiger partial charge in [0.05, 0.1) is 24.1 Å². The van der Waals surface area contributed by atoms with Crippen molar-refractivity contribution in [2.45, 2.75) is 6.54 Å². The number of aromatic nitrogens is 4. The van der Waals surface area contributed by atoms with E-state index in [4.69, 9.17) is 0 Å². The molecule has 0 spiro atoms. The van der Waals surface area contributed by atoms with Gasteiger partial charge in [0.15, 0.2) is 5.82 Å². The molecule has 182 valence electrons. The maximum Gasteiger partial charge on any atom is 0.330 e. The quantitative estimate of drug-likeness (QED) is 0.345. The number of nitrogens with one attached hydrogen (secondary N) is 2. The first-order valence-electron chi connectivity index (χ1n) is 11.1. The summed E-state index contributed by atoms with van der Waals surface area (Å²) in [6.07, 6.45) is 11.5. The second-order valence-corrected chi connectivity index (χ2v) is 7.97. The fourth-order valence-electron chi connectivity index (χ4n) is 3.71. The first-order valence-corrected chi connectivity index (χ1v) is 11.1. The monoisotopic (exact) mass is 482 g/mol. The number of carbonyl (C=O) groups is 2. The molecule has 2 aromatic heterocycles. The molecule has 10 nitrogen and oxygen atoms in total. The van der Waals surface area contributed by atoms with Crippen LogP contribution in [0.25, 0.3) is 0 Å². The zero-order valence-corrected chi connectivity index (χ0v) is 19.9. The summed E-state index contributed by atoms with van der Waals surface area (Å²) in [5.41, 5.74) is 3.36. The number of allylic oxidation sites excluding steroid dienone is 2. The highest BCUT2D eigenvalue weighted by atomic mass is 16.2. The van der Waals surface area contributed by atoms with Crippen molar-refractivity contribution in [3.8, 4) is 0 Å². The number of benzene rings is 1. The SMILES string of the molecule is C=C/C=C(\C=C)CN1Cc2cnc(Nc3cnn(C)c3)nc2N(c2cccc(NC(=O)C=C)c2)C1=O. The van der Waals surface area contributed by atoms with Crippen LogP contribution in [0, 0.1) is 0 Å². The molecule has 0 unspecified atom stereocenters. The Hall–Kier alpha value is -4.99. The van der Waals surface area contributed by atoms with Gasteiger partial charge in [-0.15, -0.1) is 0 Å². The molecule has 0 saturated carbocycles. The lowest BCUT2D eigenvalue weighted by Crippen LogP contribution is -2.46. The molecule has 3 heterocycles. The highest BCUT2D eigenvalue weighted by molar-refractivity contribution is 6.03. The van der Waals surface area contributed by atoms with Gasteiger partial charge in [-0.05, 0) is 29.8 Å². The number of rotatable bonds is 9. The average Bonchev–Trinajstić information content (AvgIpc) is 3.28. The summed E-state index contributed by atoms with van der Waals surface area (Å²) in [5, 5.41) is 9.99. The molecule has 0 radical (unpaired) electrons. The molecular formula is C26H26N8O2. The van der Waals surface area contributed by atoms with Gasteiger partial charge in [0.1, 0.15) is 0 Å². The summed E-state index contributed by atoms with van der Waals surface area (Å²) in [7, 11) is 1.81. The van der Waals surface area contributed by atoms with Crippen LogP contribution in [0.3, 0.4) is 0 Å². The molecule has 2 N–H and O–H groups in total. The van der Waals surface area contributed by atoms with E-state index in [2.05, 4.69) is 45.4 Å². The van der Waals surface area contributed by atoms with Gasteiger partial charge in [-0.25, -0.2) is 14.7 Å². The molecule has 10 heteroatoms. The Kier molecular flexibility index (Phi) is 7.05. The van der Waals surface area contributed by atoms with Crippen LogP contribution in [0.4, 0.5) is 33.6 Å². The number of hydrogen-bond acceptors (Lipinski definition) is 6. The molecule has 4 rings (SSSR count). The summed E-state index contributed by atoms with van der Waals surface area (Å²) in [6, 6.07) is 6.69. The molecule has 0 aliphatic carbocycles. The predicted molar refractivity (Wildman–Crippen MR) is 140 cm³/mol. The third-order valence-electron chi connectivity index (χ3n) is 5.36. The fourth-order valence-corrected chi connectivity index (χ4v) is 3.71. The molecule has 3 amide bonds. The molecule has 36 heavy (non-hydrogen) atoms. The minimum Gasteiger partial charge on any atom is -0.322 e. The molecular weight excluding hydrogens is 456 g/mol. The summed E-state index contributed by atoms with van der Waals surface area (Å²) < 4.78 is 1.66. The van der Waals surface area contributed by atoms with E-state index in [1.165, 1.54) is 11.0 Å². The largest absolute Gasteiger partial charge is 0.330 e. The van der Waals surface area contributed by atoms with Crippen LogP contribution in [-0.4, -0.2) is 43.1 Å². The van der Waals surface area contributed by atoms with Crippen molar-refractivity contribution >= 4 is 40.8 Å². The Morgan fingerprint density at radius 3 is 2.69 bits per heavy atom. The zero-order valence-electron chi connectivity index (χ0n) is 19.9. The van der Waals surface area contributed by atoms with Gasteiger partial charge >= 0.3 is 6.03 Å². The third-order valence-corrected chi connectivity index (χ3v) is 5.36. The molecule has 0 bridgehead atoms. The minimum absolute atomic E-state index is 0.280. The van der Waals surface area contributed by atoms with Gasteiger partial charge in [0, 0.05) is 37.2 Å². The first kappa shape index (κ1) is 24.1. The number of fused-ring (bicyclic) bond motifs is 1. The van der Waals surface area contributed by atoms with Crippen molar-refractivity contribution in [1.82, 2.24) is 24.6 Å². The minimum atomic E-state index is -0.352. The highest BCUT2D eigenvalue weighted by Crippen LogP contribution is 2.35. The van der Waals surface area contributed by atoms with Crippen molar-refractivity contribution < 1.29 is 9.59 Å². The Morgan fingerprint density at radius 2 is 2.00 bits per heavy atom. The second-order valence-electron chi connectivity index (χ2n) is 7.97. The first-order chi connectivity index (χ1) is 17.4. The van der Waals surface area contributed by atoms with E-state index in [9.17, 15) is 9.59 Å². The number of urea groups is 1. The molecule has 3 aromatic rings. The van der Waals surface area contributed by atoms with Crippen LogP contribution in [0.1, 0.15) is 5.56 Å². The number of anilines is 5. The number of aryl methyl sites for hydroxylation is 1. The van der Waals surface area contributed by atoms with E-state index in [0.29, 0.717) is 41.9 Å². The van der Waals surface area contributed by atoms with Crippen LogP contribution < -0.4 is 15.5 Å². The van der Waals surface area contributed by atoms with E-state index in [1.807, 2.05) is 13.1 Å². The Labute approximate surface area is 209 Å². The standard InChI is InChI=1S/C26H26N8O2/c1-5-9-18(6-2)15-33-16-19-13-27-25(30-21-14-28-32(4)17-21)31-24(19)34(26(33)36)22-11-8-10-20(12-22)29-23(35)7-3/h5-14,17H,1-3,15-16H2,4H3,(H,29,35)(H,27,30,31)/b18-9+. The van der Waals surface area contributed by atoms with Gasteiger partial charge in [-0.1, -0.05) is 44.0 Å². The highest BCUT2D eigenvalue weighted by Gasteiger charge is 2.33. The van der Waals surface area contributed by atoms with Gasteiger partial charge in [0.2, 0.25) is 11.9 Å². The van der Waals surface area contributed by atoms with E-state index in [-0.39, 0.29) is 11.9 Å². The Bertz CT molecular complexity index is 1370. The van der Waals surface area contributed by atoms with E-state index in [0.717, 1.165) is 11.1 Å². The normalized spacial score (nSPS) is 13.1. The van der Waals surface area contributed by atoms with Crippen LogP contribution >= 0.6 is 0 Å². The van der Waals surface area contributed by atoms with E-state index < -0.39 is 0 Å². The third kappa shape index (κ3) is 5.22. The van der Waals surface area contributed by atoms with Crippen molar-refractivity contribution in [1.29, 1.82) is 0 Å². The lowest BCUT2D eigenvalue weighted by molar-refractivity contribution is -0.111. The van der Waals surface area contributed by atoms with Crippen molar-refractivity contribution in [3.05, 3.63) is 98.0 Å². The van der Waals surface area contributed by atoms with Gasteiger partial charge in [0.25, 0.3) is 0 Å². The lowest BCUT2D eigenvalue weighted by Gasteiger charge is -2.36. The predicted octanol–water partition coefficient (Wildman–Crippen LogP) is 4.45. The molecule has 0 saturated heterocycles. The zero-order chi connectivity index (χ0) is 25.7. The average molecular weight is 483 g/mol. The number of nitrogens with zero attached hydrogens (tertiary/aromatic N) is 6. The maximum atomic E-state index is 13.8. The molecule has 1 aliphatic rings.